The maximum atomic E-state index is 5.96. The van der Waals surface area contributed by atoms with Gasteiger partial charge in [-0.1, -0.05) is 12.1 Å². The number of morpholine rings is 1. The quantitative estimate of drug-likeness (QED) is 0.744. The summed E-state index contributed by atoms with van der Waals surface area (Å²) in [5.41, 5.74) is 15.7. The van der Waals surface area contributed by atoms with Crippen LogP contribution in [0.15, 0.2) is 30.5 Å². The number of nitrogen functional groups attached to an aromatic ring is 2. The van der Waals surface area contributed by atoms with E-state index >= 15 is 0 Å². The first-order valence-electron chi connectivity index (χ1n) is 8.70. The third kappa shape index (κ3) is 3.25. The first kappa shape index (κ1) is 16.5. The van der Waals surface area contributed by atoms with E-state index in [0.717, 1.165) is 54.2 Å². The van der Waals surface area contributed by atoms with Crippen molar-refractivity contribution in [1.29, 1.82) is 0 Å². The molecule has 1 aliphatic rings. The van der Waals surface area contributed by atoms with Crippen LogP contribution in [0.4, 0.5) is 17.6 Å². The van der Waals surface area contributed by atoms with Crippen LogP contribution in [0.5, 0.6) is 0 Å². The van der Waals surface area contributed by atoms with Crippen molar-refractivity contribution >= 4 is 28.5 Å². The molecule has 3 aromatic rings. The summed E-state index contributed by atoms with van der Waals surface area (Å²) in [5, 5.41) is 1.16. The summed E-state index contributed by atoms with van der Waals surface area (Å²) < 4.78 is 5.44. The molecular weight excluding hydrogens is 328 g/mol. The second kappa shape index (κ2) is 6.76. The molecule has 0 saturated carbocycles. The molecule has 4 N–H and O–H groups in total. The summed E-state index contributed by atoms with van der Waals surface area (Å²) in [7, 11) is 0. The summed E-state index contributed by atoms with van der Waals surface area (Å²) in [6, 6.07) is 8.48. The van der Waals surface area contributed by atoms with Gasteiger partial charge in [0, 0.05) is 36.7 Å². The molecular formula is C19H22N6O. The van der Waals surface area contributed by atoms with Crippen molar-refractivity contribution in [3.63, 3.8) is 0 Å². The zero-order chi connectivity index (χ0) is 18.1. The molecule has 0 unspecified atom stereocenters. The highest BCUT2D eigenvalue weighted by Crippen LogP contribution is 2.25. The van der Waals surface area contributed by atoms with E-state index in [4.69, 9.17) is 21.2 Å². The Balaban J connectivity index is 1.68. The van der Waals surface area contributed by atoms with Gasteiger partial charge in [-0.15, -0.1) is 0 Å². The topological polar surface area (TPSA) is 103 Å². The Labute approximate surface area is 152 Å². The van der Waals surface area contributed by atoms with Gasteiger partial charge < -0.3 is 21.1 Å². The number of hydrogen-bond acceptors (Lipinski definition) is 7. The van der Waals surface area contributed by atoms with Crippen molar-refractivity contribution in [3.8, 4) is 0 Å². The van der Waals surface area contributed by atoms with Crippen LogP contribution in [0.25, 0.3) is 10.9 Å². The number of hydrogen-bond donors (Lipinski definition) is 2. The van der Waals surface area contributed by atoms with Gasteiger partial charge in [0.2, 0.25) is 5.95 Å². The molecule has 0 aliphatic carbocycles. The summed E-state index contributed by atoms with van der Waals surface area (Å²) in [5.74, 6) is 1.62. The largest absolute Gasteiger partial charge is 0.383 e. The Morgan fingerprint density at radius 2 is 1.92 bits per heavy atom. The molecule has 7 heteroatoms. The van der Waals surface area contributed by atoms with Gasteiger partial charge >= 0.3 is 0 Å². The van der Waals surface area contributed by atoms with E-state index in [1.54, 1.807) is 6.20 Å². The number of nitrogens with zero attached hydrogens (tertiary/aromatic N) is 4. The molecule has 0 spiro atoms. The summed E-state index contributed by atoms with van der Waals surface area (Å²) in [6.45, 7) is 5.36. The molecule has 0 bridgehead atoms. The number of ether oxygens (including phenoxy) is 1. The van der Waals surface area contributed by atoms with E-state index in [2.05, 4.69) is 46.1 Å². The van der Waals surface area contributed by atoms with Crippen molar-refractivity contribution in [3.05, 3.63) is 47.2 Å². The number of benzene rings is 1. The number of rotatable bonds is 3. The lowest BCUT2D eigenvalue weighted by Crippen LogP contribution is -2.36. The van der Waals surface area contributed by atoms with Gasteiger partial charge in [0.05, 0.1) is 18.7 Å². The number of anilines is 3. The summed E-state index contributed by atoms with van der Waals surface area (Å²) >= 11 is 0. The first-order chi connectivity index (χ1) is 12.6. The van der Waals surface area contributed by atoms with Gasteiger partial charge in [-0.25, -0.2) is 9.97 Å². The van der Waals surface area contributed by atoms with Gasteiger partial charge in [0.1, 0.15) is 11.6 Å². The number of pyridine rings is 1. The van der Waals surface area contributed by atoms with Gasteiger partial charge in [-0.2, -0.15) is 4.98 Å². The van der Waals surface area contributed by atoms with E-state index < -0.39 is 0 Å². The SMILES string of the molecule is Cc1cc(N2CCOCC2)nc2cc(Cc3cnc(N)nc3N)ccc12. The average molecular weight is 350 g/mol. The highest BCUT2D eigenvalue weighted by molar-refractivity contribution is 5.84. The highest BCUT2D eigenvalue weighted by Gasteiger charge is 2.14. The van der Waals surface area contributed by atoms with Crippen molar-refractivity contribution < 1.29 is 4.74 Å². The van der Waals surface area contributed by atoms with Crippen LogP contribution in [0.1, 0.15) is 16.7 Å². The van der Waals surface area contributed by atoms with Crippen LogP contribution in [-0.2, 0) is 11.2 Å². The Hall–Kier alpha value is -2.93. The molecule has 1 saturated heterocycles. The van der Waals surface area contributed by atoms with Gasteiger partial charge in [0.25, 0.3) is 0 Å². The van der Waals surface area contributed by atoms with Gasteiger partial charge in [-0.05, 0) is 30.2 Å². The van der Waals surface area contributed by atoms with E-state index in [-0.39, 0.29) is 5.95 Å². The van der Waals surface area contributed by atoms with Crippen molar-refractivity contribution in [2.75, 3.05) is 42.7 Å². The van der Waals surface area contributed by atoms with Crippen LogP contribution in [0.2, 0.25) is 0 Å². The fraction of sp³-hybridized carbons (Fsp3) is 0.316. The fourth-order valence-electron chi connectivity index (χ4n) is 3.29. The Morgan fingerprint density at radius 1 is 1.12 bits per heavy atom. The number of aromatic nitrogens is 3. The molecule has 4 rings (SSSR count). The number of fused-ring (bicyclic) bond motifs is 1. The number of aryl methyl sites for hydroxylation is 1. The fourth-order valence-corrected chi connectivity index (χ4v) is 3.29. The molecule has 1 fully saturated rings. The molecule has 2 aromatic heterocycles. The third-order valence-electron chi connectivity index (χ3n) is 4.71. The van der Waals surface area contributed by atoms with Crippen LogP contribution >= 0.6 is 0 Å². The minimum Gasteiger partial charge on any atom is -0.383 e. The lowest BCUT2D eigenvalue weighted by molar-refractivity contribution is 0.122. The standard InChI is InChI=1S/C19H22N6O/c1-12-8-17(25-4-6-26-7-5-25)23-16-10-13(2-3-15(12)16)9-14-11-22-19(21)24-18(14)20/h2-3,8,10-11H,4-7,9H2,1H3,(H4,20,21,22,24). The first-order valence-corrected chi connectivity index (χ1v) is 8.70. The van der Waals surface area contributed by atoms with Crippen molar-refractivity contribution in [2.24, 2.45) is 0 Å². The molecule has 26 heavy (non-hydrogen) atoms. The maximum Gasteiger partial charge on any atom is 0.221 e. The summed E-state index contributed by atoms with van der Waals surface area (Å²) in [4.78, 5) is 15.2. The highest BCUT2D eigenvalue weighted by atomic mass is 16.5. The van der Waals surface area contributed by atoms with Gasteiger partial charge in [0.15, 0.2) is 0 Å². The molecule has 1 aliphatic heterocycles. The van der Waals surface area contributed by atoms with E-state index in [1.807, 2.05) is 0 Å². The maximum absolute atomic E-state index is 5.96. The van der Waals surface area contributed by atoms with Crippen molar-refractivity contribution in [1.82, 2.24) is 15.0 Å². The lowest BCUT2D eigenvalue weighted by Gasteiger charge is -2.28. The zero-order valence-corrected chi connectivity index (χ0v) is 14.8. The van der Waals surface area contributed by atoms with Crippen LogP contribution in [0.3, 0.4) is 0 Å². The monoisotopic (exact) mass is 350 g/mol. The molecule has 0 amide bonds. The van der Waals surface area contributed by atoms with E-state index in [0.29, 0.717) is 12.2 Å². The molecule has 0 radical (unpaired) electrons. The Bertz CT molecular complexity index is 952. The lowest BCUT2D eigenvalue weighted by atomic mass is 10.0. The molecule has 3 heterocycles. The third-order valence-corrected chi connectivity index (χ3v) is 4.71. The van der Waals surface area contributed by atoms with Crippen LogP contribution in [-0.4, -0.2) is 41.3 Å². The minimum absolute atomic E-state index is 0.192. The number of nitrogens with two attached hydrogens (primary N) is 2. The second-order valence-electron chi connectivity index (χ2n) is 6.56. The minimum atomic E-state index is 0.192. The molecule has 7 nitrogen and oxygen atoms in total. The van der Waals surface area contributed by atoms with E-state index in [9.17, 15) is 0 Å². The predicted molar refractivity (Wildman–Crippen MR) is 103 cm³/mol. The van der Waals surface area contributed by atoms with Gasteiger partial charge in [-0.3, -0.25) is 0 Å². The van der Waals surface area contributed by atoms with E-state index in [1.165, 1.54) is 5.56 Å². The normalized spacial score (nSPS) is 14.7. The predicted octanol–water partition coefficient (Wildman–Crippen LogP) is 1.93. The van der Waals surface area contributed by atoms with Crippen LogP contribution in [0, 0.1) is 6.92 Å². The Kier molecular flexibility index (Phi) is 4.30. The van der Waals surface area contributed by atoms with Crippen molar-refractivity contribution in [2.45, 2.75) is 13.3 Å². The zero-order valence-electron chi connectivity index (χ0n) is 14.8. The Morgan fingerprint density at radius 3 is 2.69 bits per heavy atom. The molecule has 0 atom stereocenters. The molecule has 1 aromatic carbocycles. The smallest absolute Gasteiger partial charge is 0.221 e. The average Bonchev–Trinajstić information content (AvgIpc) is 2.64. The second-order valence-corrected chi connectivity index (χ2v) is 6.56. The summed E-state index contributed by atoms with van der Waals surface area (Å²) in [6.07, 6.45) is 2.33. The van der Waals surface area contributed by atoms with Crippen LogP contribution < -0.4 is 16.4 Å². The molecule has 134 valence electrons.